The number of carbonyl (C=O) groups excluding carboxylic acids is 3. The van der Waals surface area contributed by atoms with Gasteiger partial charge in [0.1, 0.15) is 11.5 Å². The number of hydrogen-bond acceptors (Lipinski definition) is 4. The molecule has 1 spiro atoms. The van der Waals surface area contributed by atoms with Crippen LogP contribution in [0.3, 0.4) is 0 Å². The summed E-state index contributed by atoms with van der Waals surface area (Å²) in [6.07, 6.45) is 2.03. The monoisotopic (exact) mass is 578 g/mol. The summed E-state index contributed by atoms with van der Waals surface area (Å²) in [6.45, 7) is 2.00. The molecular formula is C34H24Cl2N2O3. The molecule has 3 aliphatic rings. The molecule has 41 heavy (non-hydrogen) atoms. The average molecular weight is 579 g/mol. The topological polar surface area (TPSA) is 66.5 Å². The number of fused-ring (bicyclic) bond motifs is 6. The number of rotatable bonds is 4. The summed E-state index contributed by atoms with van der Waals surface area (Å²) in [6, 6.07) is 27.1. The van der Waals surface area contributed by atoms with Crippen LogP contribution in [0.5, 0.6) is 0 Å². The van der Waals surface area contributed by atoms with Gasteiger partial charge >= 0.3 is 0 Å². The molecule has 4 atom stereocenters. The van der Waals surface area contributed by atoms with Gasteiger partial charge in [-0.1, -0.05) is 77.8 Å². The zero-order chi connectivity index (χ0) is 28.5. The van der Waals surface area contributed by atoms with Crippen molar-refractivity contribution in [3.05, 3.63) is 135 Å². The molecule has 1 N–H and O–H groups in total. The molecule has 5 nitrogen and oxygen atoms in total. The normalized spacial score (nSPS) is 23.9. The van der Waals surface area contributed by atoms with Crippen LogP contribution in [0.2, 0.25) is 10.0 Å². The van der Waals surface area contributed by atoms with E-state index in [0.29, 0.717) is 32.4 Å². The van der Waals surface area contributed by atoms with Crippen LogP contribution in [-0.4, -0.2) is 29.6 Å². The van der Waals surface area contributed by atoms with E-state index in [4.69, 9.17) is 23.2 Å². The van der Waals surface area contributed by atoms with Gasteiger partial charge in [-0.15, -0.1) is 0 Å². The predicted octanol–water partition coefficient (Wildman–Crippen LogP) is 7.24. The van der Waals surface area contributed by atoms with Crippen molar-refractivity contribution < 1.29 is 14.4 Å². The Balaban J connectivity index is 1.57. The average Bonchev–Trinajstić information content (AvgIpc) is 3.45. The third-order valence-corrected chi connectivity index (χ3v) is 9.28. The van der Waals surface area contributed by atoms with Gasteiger partial charge in [-0.3, -0.25) is 14.4 Å². The first-order valence-corrected chi connectivity index (χ1v) is 14.1. The minimum atomic E-state index is -1.39. The Hall–Kier alpha value is -4.19. The van der Waals surface area contributed by atoms with E-state index in [1.54, 1.807) is 48.5 Å². The van der Waals surface area contributed by atoms with Gasteiger partial charge in [0.05, 0.1) is 17.0 Å². The third-order valence-electron chi connectivity index (χ3n) is 8.70. The molecule has 0 aromatic heterocycles. The SMILES string of the molecule is CC1=C[C@H]2N(c3ccccc31)[C@@H](C(=O)c1ccccc1Cl)[C@@H](C(=O)c1ccc(Cl)cc1)[C@@]21C(=O)Nc2ccccc21. The van der Waals surface area contributed by atoms with E-state index in [-0.39, 0.29) is 17.5 Å². The Labute approximate surface area is 247 Å². The Morgan fingerprint density at radius 1 is 0.829 bits per heavy atom. The fourth-order valence-corrected chi connectivity index (χ4v) is 7.36. The maximum Gasteiger partial charge on any atom is 0.238 e. The van der Waals surface area contributed by atoms with Crippen LogP contribution in [-0.2, 0) is 10.2 Å². The number of ketones is 2. The molecule has 7 rings (SSSR count). The van der Waals surface area contributed by atoms with Gasteiger partial charge in [-0.2, -0.15) is 0 Å². The highest BCUT2D eigenvalue weighted by molar-refractivity contribution is 6.34. The number of halogens is 2. The molecule has 1 fully saturated rings. The second-order valence-electron chi connectivity index (χ2n) is 10.7. The minimum absolute atomic E-state index is 0.293. The van der Waals surface area contributed by atoms with Crippen molar-refractivity contribution in [2.45, 2.75) is 24.4 Å². The van der Waals surface area contributed by atoms with Crippen LogP contribution in [0.15, 0.2) is 103 Å². The standard InChI is InChI=1S/C34H24Cl2N2O3/c1-19-18-28-34(24-10-4-6-12-26(24)37-33(34)41)29(31(39)20-14-16-21(35)17-15-20)30(32(40)23-9-2-5-11-25(23)36)38(28)27-13-7-3-8-22(19)27/h2-18,28-30H,1H3,(H,37,41)/t28-,29+,30-,34+/m1/s1. The van der Waals surface area contributed by atoms with Crippen molar-refractivity contribution in [2.24, 2.45) is 5.92 Å². The molecule has 0 unspecified atom stereocenters. The number of allylic oxidation sites excluding steroid dienone is 1. The quantitative estimate of drug-likeness (QED) is 0.259. The summed E-state index contributed by atoms with van der Waals surface area (Å²) < 4.78 is 0. The van der Waals surface area contributed by atoms with Crippen LogP contribution in [0.4, 0.5) is 11.4 Å². The van der Waals surface area contributed by atoms with Gasteiger partial charge in [0.15, 0.2) is 11.6 Å². The molecule has 4 aromatic carbocycles. The predicted molar refractivity (Wildman–Crippen MR) is 162 cm³/mol. The molecule has 7 heteroatoms. The van der Waals surface area contributed by atoms with E-state index < -0.39 is 23.4 Å². The Bertz CT molecular complexity index is 1800. The Morgan fingerprint density at radius 2 is 1.51 bits per heavy atom. The molecule has 1 saturated heterocycles. The van der Waals surface area contributed by atoms with E-state index in [1.165, 1.54) is 0 Å². The Kier molecular flexibility index (Phi) is 5.93. The second-order valence-corrected chi connectivity index (χ2v) is 11.6. The highest BCUT2D eigenvalue weighted by atomic mass is 35.5. The summed E-state index contributed by atoms with van der Waals surface area (Å²) in [7, 11) is 0. The van der Waals surface area contributed by atoms with Gasteiger partial charge in [0.2, 0.25) is 5.91 Å². The van der Waals surface area contributed by atoms with E-state index in [1.807, 2.05) is 66.4 Å². The molecule has 3 heterocycles. The maximum absolute atomic E-state index is 14.8. The van der Waals surface area contributed by atoms with E-state index in [9.17, 15) is 14.4 Å². The lowest BCUT2D eigenvalue weighted by Gasteiger charge is -2.39. The minimum Gasteiger partial charge on any atom is -0.352 e. The molecule has 4 aromatic rings. The summed E-state index contributed by atoms with van der Waals surface area (Å²) in [4.78, 5) is 45.9. The van der Waals surface area contributed by atoms with Crippen molar-refractivity contribution in [3.8, 4) is 0 Å². The second kappa shape index (κ2) is 9.44. The number of nitrogens with zero attached hydrogens (tertiary/aromatic N) is 1. The number of nitrogens with one attached hydrogen (secondary N) is 1. The lowest BCUT2D eigenvalue weighted by Crippen LogP contribution is -2.51. The number of amides is 1. The summed E-state index contributed by atoms with van der Waals surface area (Å²) >= 11 is 12.8. The van der Waals surface area contributed by atoms with Crippen LogP contribution < -0.4 is 10.2 Å². The van der Waals surface area contributed by atoms with Crippen molar-refractivity contribution >= 4 is 57.6 Å². The fraction of sp³-hybridized carbons (Fsp3) is 0.147. The molecule has 0 saturated carbocycles. The van der Waals surface area contributed by atoms with Gasteiger partial charge in [0, 0.05) is 33.1 Å². The van der Waals surface area contributed by atoms with Crippen molar-refractivity contribution in [1.82, 2.24) is 0 Å². The zero-order valence-corrected chi connectivity index (χ0v) is 23.5. The van der Waals surface area contributed by atoms with Gasteiger partial charge < -0.3 is 10.2 Å². The summed E-state index contributed by atoms with van der Waals surface area (Å²) in [5.41, 5.74) is 3.35. The summed E-state index contributed by atoms with van der Waals surface area (Å²) in [5, 5.41) is 3.83. The Morgan fingerprint density at radius 3 is 2.29 bits per heavy atom. The third kappa shape index (κ3) is 3.59. The zero-order valence-electron chi connectivity index (χ0n) is 22.0. The first kappa shape index (κ1) is 25.8. The highest BCUT2D eigenvalue weighted by Gasteiger charge is 2.70. The van der Waals surface area contributed by atoms with E-state index in [2.05, 4.69) is 5.32 Å². The highest BCUT2D eigenvalue weighted by Crippen LogP contribution is 2.59. The number of carbonyl (C=O) groups is 3. The number of Topliss-reactive ketones (excluding diaryl/α,β-unsaturated/α-hetero) is 2. The van der Waals surface area contributed by atoms with Crippen molar-refractivity contribution in [3.63, 3.8) is 0 Å². The molecule has 0 aliphatic carbocycles. The van der Waals surface area contributed by atoms with E-state index in [0.717, 1.165) is 16.8 Å². The number of benzene rings is 4. The number of para-hydroxylation sites is 2. The molecule has 1 amide bonds. The number of hydrogen-bond donors (Lipinski definition) is 1. The van der Waals surface area contributed by atoms with Crippen LogP contribution in [0.25, 0.3) is 5.57 Å². The first-order valence-electron chi connectivity index (χ1n) is 13.4. The fourth-order valence-electron chi connectivity index (χ4n) is 7.00. The lowest BCUT2D eigenvalue weighted by atomic mass is 9.64. The maximum atomic E-state index is 14.8. The van der Waals surface area contributed by atoms with E-state index >= 15 is 0 Å². The molecular weight excluding hydrogens is 555 g/mol. The van der Waals surface area contributed by atoms with Crippen molar-refractivity contribution in [1.29, 1.82) is 0 Å². The summed E-state index contributed by atoms with van der Waals surface area (Å²) in [5.74, 6) is -2.00. The van der Waals surface area contributed by atoms with Gasteiger partial charge in [0.25, 0.3) is 0 Å². The molecule has 3 aliphatic heterocycles. The smallest absolute Gasteiger partial charge is 0.238 e. The van der Waals surface area contributed by atoms with Crippen LogP contribution >= 0.6 is 23.2 Å². The largest absolute Gasteiger partial charge is 0.352 e. The lowest BCUT2D eigenvalue weighted by molar-refractivity contribution is -0.121. The van der Waals surface area contributed by atoms with Crippen LogP contribution in [0.1, 0.15) is 38.8 Å². The van der Waals surface area contributed by atoms with Crippen molar-refractivity contribution in [2.75, 3.05) is 10.2 Å². The first-order chi connectivity index (χ1) is 19.8. The van der Waals surface area contributed by atoms with Gasteiger partial charge in [-0.05, 0) is 66.6 Å². The van der Waals surface area contributed by atoms with Gasteiger partial charge in [-0.25, -0.2) is 0 Å². The molecule has 202 valence electrons. The molecule has 0 radical (unpaired) electrons. The molecule has 0 bridgehead atoms. The number of anilines is 2. The van der Waals surface area contributed by atoms with Crippen LogP contribution in [0, 0.1) is 5.92 Å².